The van der Waals surface area contributed by atoms with Gasteiger partial charge in [0.15, 0.2) is 5.82 Å². The molecular formula is C25H21FN4O. The quantitative estimate of drug-likeness (QED) is 0.476. The summed E-state index contributed by atoms with van der Waals surface area (Å²) < 4.78 is 16.2. The van der Waals surface area contributed by atoms with Crippen molar-refractivity contribution in [1.82, 2.24) is 14.8 Å². The Hall–Kier alpha value is -4.06. The number of rotatable bonds is 5. The zero-order valence-corrected chi connectivity index (χ0v) is 17.2. The largest absolute Gasteiger partial charge is 0.366 e. The molecule has 0 saturated heterocycles. The van der Waals surface area contributed by atoms with Gasteiger partial charge in [0.25, 0.3) is 5.91 Å². The third-order valence-electron chi connectivity index (χ3n) is 4.88. The van der Waals surface area contributed by atoms with Crippen LogP contribution in [0.2, 0.25) is 0 Å². The van der Waals surface area contributed by atoms with Crippen LogP contribution < -0.4 is 5.73 Å². The van der Waals surface area contributed by atoms with Gasteiger partial charge in [0.2, 0.25) is 0 Å². The summed E-state index contributed by atoms with van der Waals surface area (Å²) in [7, 11) is 0. The molecule has 2 N–H and O–H groups in total. The molecule has 3 aromatic carbocycles. The number of aryl methyl sites for hydroxylation is 2. The number of carbonyl (C=O) groups excluding carboxylic acids is 1. The van der Waals surface area contributed by atoms with E-state index in [1.165, 1.54) is 23.3 Å². The Morgan fingerprint density at radius 1 is 0.968 bits per heavy atom. The number of nitrogens with two attached hydrogens (primary N) is 1. The minimum Gasteiger partial charge on any atom is -0.366 e. The molecule has 31 heavy (non-hydrogen) atoms. The lowest BCUT2D eigenvalue weighted by atomic mass is 10.00. The maximum Gasteiger partial charge on any atom is 0.250 e. The van der Waals surface area contributed by atoms with Gasteiger partial charge in [-0.3, -0.25) is 4.79 Å². The van der Waals surface area contributed by atoms with Crippen LogP contribution in [0.5, 0.6) is 0 Å². The summed E-state index contributed by atoms with van der Waals surface area (Å²) >= 11 is 0. The first-order valence-electron chi connectivity index (χ1n) is 9.77. The molecule has 6 heteroatoms. The average Bonchev–Trinajstić information content (AvgIpc) is 3.20. The fourth-order valence-electron chi connectivity index (χ4n) is 3.52. The van der Waals surface area contributed by atoms with Crippen molar-refractivity contribution in [2.75, 3.05) is 0 Å². The van der Waals surface area contributed by atoms with Gasteiger partial charge >= 0.3 is 0 Å². The average molecular weight is 412 g/mol. The summed E-state index contributed by atoms with van der Waals surface area (Å²) in [5, 5.41) is 4.43. The van der Waals surface area contributed by atoms with Crippen LogP contribution in [-0.4, -0.2) is 20.7 Å². The Balaban J connectivity index is 1.69. The molecule has 154 valence electrons. The maximum absolute atomic E-state index is 14.8. The molecule has 1 aromatic heterocycles. The number of benzene rings is 3. The molecule has 0 radical (unpaired) electrons. The Kier molecular flexibility index (Phi) is 5.45. The number of primary amides is 1. The predicted molar refractivity (Wildman–Crippen MR) is 120 cm³/mol. The van der Waals surface area contributed by atoms with Crippen molar-refractivity contribution in [3.05, 3.63) is 95.6 Å². The number of amides is 1. The lowest BCUT2D eigenvalue weighted by molar-refractivity contribution is -0.112. The van der Waals surface area contributed by atoms with Crippen LogP contribution in [0, 0.1) is 19.7 Å². The van der Waals surface area contributed by atoms with Gasteiger partial charge in [0.05, 0.1) is 5.57 Å². The summed E-state index contributed by atoms with van der Waals surface area (Å²) in [6, 6.07) is 19.9. The monoisotopic (exact) mass is 412 g/mol. The zero-order valence-electron chi connectivity index (χ0n) is 17.2. The predicted octanol–water partition coefficient (Wildman–Crippen LogP) is 4.85. The smallest absolute Gasteiger partial charge is 0.250 e. The molecule has 4 aromatic rings. The van der Waals surface area contributed by atoms with Crippen molar-refractivity contribution in [1.29, 1.82) is 0 Å². The SMILES string of the molecule is Cc1cc(C)cc(-c2ncn(C=C(C(N)=O)c3ccc(-c4ccccc4)c(F)c3)n2)c1. The number of aromatic nitrogens is 3. The number of hydrogen-bond acceptors (Lipinski definition) is 3. The van der Waals surface area contributed by atoms with Crippen LogP contribution >= 0.6 is 0 Å². The molecular weight excluding hydrogens is 391 g/mol. The Morgan fingerprint density at radius 3 is 2.32 bits per heavy atom. The summed E-state index contributed by atoms with van der Waals surface area (Å²) in [5.41, 5.74) is 10.4. The molecule has 1 amide bonds. The zero-order chi connectivity index (χ0) is 22.0. The summed E-state index contributed by atoms with van der Waals surface area (Å²) in [6.45, 7) is 4.01. The molecule has 0 unspecified atom stereocenters. The second-order valence-corrected chi connectivity index (χ2v) is 7.39. The van der Waals surface area contributed by atoms with Crippen molar-refractivity contribution < 1.29 is 9.18 Å². The van der Waals surface area contributed by atoms with Crippen LogP contribution in [0.25, 0.3) is 34.3 Å². The summed E-state index contributed by atoms with van der Waals surface area (Å²) in [4.78, 5) is 16.4. The Bertz CT molecular complexity index is 1270. The van der Waals surface area contributed by atoms with Crippen molar-refractivity contribution in [2.24, 2.45) is 5.73 Å². The third kappa shape index (κ3) is 4.43. The first-order chi connectivity index (χ1) is 14.9. The molecule has 0 aliphatic carbocycles. The fraction of sp³-hybridized carbons (Fsp3) is 0.0800. The van der Waals surface area contributed by atoms with Crippen LogP contribution in [0.15, 0.2) is 73.1 Å². The van der Waals surface area contributed by atoms with Crippen molar-refractivity contribution in [2.45, 2.75) is 13.8 Å². The van der Waals surface area contributed by atoms with E-state index in [4.69, 9.17) is 5.73 Å². The van der Waals surface area contributed by atoms with Crippen molar-refractivity contribution in [3.8, 4) is 22.5 Å². The van der Waals surface area contributed by atoms with Gasteiger partial charge in [-0.1, -0.05) is 59.7 Å². The summed E-state index contributed by atoms with van der Waals surface area (Å²) in [5.74, 6) is -0.599. The second kappa shape index (κ2) is 8.36. The standard InChI is InChI=1S/C25H21FN4O/c1-16-10-17(2)12-20(11-16)25-28-15-30(29-25)14-22(24(27)31)19-8-9-21(23(26)13-19)18-6-4-3-5-7-18/h3-15H,1-2H3,(H2,27,31). The minimum atomic E-state index is -0.685. The molecule has 5 nitrogen and oxygen atoms in total. The van der Waals surface area contributed by atoms with E-state index in [0.717, 1.165) is 22.3 Å². The highest BCUT2D eigenvalue weighted by Gasteiger charge is 2.14. The van der Waals surface area contributed by atoms with Gasteiger partial charge in [-0.2, -0.15) is 0 Å². The number of hydrogen-bond donors (Lipinski definition) is 1. The van der Waals surface area contributed by atoms with E-state index in [-0.39, 0.29) is 5.57 Å². The molecule has 0 aliphatic rings. The maximum atomic E-state index is 14.8. The lowest BCUT2D eigenvalue weighted by Crippen LogP contribution is -2.14. The van der Waals surface area contributed by atoms with Crippen LogP contribution in [0.4, 0.5) is 4.39 Å². The van der Waals surface area contributed by atoms with E-state index in [9.17, 15) is 9.18 Å². The molecule has 0 fully saturated rings. The highest BCUT2D eigenvalue weighted by Crippen LogP contribution is 2.26. The molecule has 1 heterocycles. The number of halogens is 1. The van der Waals surface area contributed by atoms with E-state index in [1.54, 1.807) is 12.1 Å². The lowest BCUT2D eigenvalue weighted by Gasteiger charge is -2.08. The van der Waals surface area contributed by atoms with Gasteiger partial charge < -0.3 is 5.73 Å². The Labute approximate surface area is 179 Å². The van der Waals surface area contributed by atoms with Crippen LogP contribution in [0.3, 0.4) is 0 Å². The van der Waals surface area contributed by atoms with Crippen LogP contribution in [-0.2, 0) is 4.79 Å². The molecule has 0 aliphatic heterocycles. The van der Waals surface area contributed by atoms with Crippen molar-refractivity contribution >= 4 is 17.7 Å². The molecule has 0 saturated carbocycles. The van der Waals surface area contributed by atoms with E-state index in [0.29, 0.717) is 17.0 Å². The van der Waals surface area contributed by atoms with E-state index in [2.05, 4.69) is 16.1 Å². The van der Waals surface area contributed by atoms with Crippen molar-refractivity contribution in [3.63, 3.8) is 0 Å². The Morgan fingerprint density at radius 2 is 1.68 bits per heavy atom. The van der Waals surface area contributed by atoms with Gasteiger partial charge in [-0.25, -0.2) is 14.1 Å². The van der Waals surface area contributed by atoms with Gasteiger partial charge in [-0.05, 0) is 43.2 Å². The minimum absolute atomic E-state index is 0.135. The normalized spacial score (nSPS) is 11.5. The van der Waals surface area contributed by atoms with Crippen LogP contribution in [0.1, 0.15) is 16.7 Å². The molecule has 0 bridgehead atoms. The second-order valence-electron chi connectivity index (χ2n) is 7.39. The summed E-state index contributed by atoms with van der Waals surface area (Å²) in [6.07, 6.45) is 2.95. The molecule has 0 atom stereocenters. The van der Waals surface area contributed by atoms with Gasteiger partial charge in [0.1, 0.15) is 12.1 Å². The third-order valence-corrected chi connectivity index (χ3v) is 4.88. The van der Waals surface area contributed by atoms with E-state index < -0.39 is 11.7 Å². The van der Waals surface area contributed by atoms with E-state index >= 15 is 0 Å². The first-order valence-corrected chi connectivity index (χ1v) is 9.77. The molecule has 4 rings (SSSR count). The highest BCUT2D eigenvalue weighted by molar-refractivity contribution is 6.22. The first kappa shape index (κ1) is 20.2. The van der Waals surface area contributed by atoms with Gasteiger partial charge in [-0.15, -0.1) is 5.10 Å². The number of carbonyl (C=O) groups is 1. The topological polar surface area (TPSA) is 73.8 Å². The number of nitrogens with zero attached hydrogens (tertiary/aromatic N) is 3. The van der Waals surface area contributed by atoms with Gasteiger partial charge in [0, 0.05) is 17.3 Å². The fourth-order valence-corrected chi connectivity index (χ4v) is 3.52. The van der Waals surface area contributed by atoms with E-state index in [1.807, 2.05) is 56.3 Å². The highest BCUT2D eigenvalue weighted by atomic mass is 19.1. The molecule has 0 spiro atoms.